The van der Waals surface area contributed by atoms with Crippen molar-refractivity contribution in [2.45, 2.75) is 25.9 Å². The average Bonchev–Trinajstić information content (AvgIpc) is 2.58. The summed E-state index contributed by atoms with van der Waals surface area (Å²) in [5.41, 5.74) is 0. The molecule has 2 N–H and O–H groups in total. The molecule has 1 heterocycles. The van der Waals surface area contributed by atoms with E-state index in [1.165, 1.54) is 18.9 Å². The largest absolute Gasteiger partial charge is 0.486 e. The highest BCUT2D eigenvalue weighted by atomic mass is 19.1. The quantitative estimate of drug-likeness (QED) is 0.617. The number of rotatable bonds is 6. The van der Waals surface area contributed by atoms with E-state index in [1.54, 1.807) is 25.2 Å². The lowest BCUT2D eigenvalue weighted by Gasteiger charge is -2.29. The number of nitrogens with zero attached hydrogens (tertiary/aromatic N) is 2. The lowest BCUT2D eigenvalue weighted by molar-refractivity contribution is 0.212. The molecule has 0 aromatic heterocycles. The standard InChI is InChI=1S/C18H29FN4O/c1-14(24-17-7-5-4-6-16(17)19)12-21-18(20-2)22-13-15-8-10-23(3)11-9-15/h4-7,14-15H,8-13H2,1-3H3,(H2,20,21,22). The third kappa shape index (κ3) is 6.00. The van der Waals surface area contributed by atoms with Crippen LogP contribution in [0.4, 0.5) is 4.39 Å². The highest BCUT2D eigenvalue weighted by Gasteiger charge is 2.17. The van der Waals surface area contributed by atoms with Crippen molar-refractivity contribution in [3.8, 4) is 5.75 Å². The van der Waals surface area contributed by atoms with Gasteiger partial charge in [0.15, 0.2) is 17.5 Å². The summed E-state index contributed by atoms with van der Waals surface area (Å²) >= 11 is 0. The van der Waals surface area contributed by atoms with Crippen LogP contribution in [0.5, 0.6) is 5.75 Å². The van der Waals surface area contributed by atoms with Gasteiger partial charge in [0, 0.05) is 13.6 Å². The maximum absolute atomic E-state index is 13.6. The third-order valence-corrected chi connectivity index (χ3v) is 4.34. The number of aliphatic imine (C=N–C) groups is 1. The summed E-state index contributed by atoms with van der Waals surface area (Å²) < 4.78 is 19.2. The van der Waals surface area contributed by atoms with Gasteiger partial charge in [-0.1, -0.05) is 12.1 Å². The zero-order chi connectivity index (χ0) is 17.4. The molecular formula is C18H29FN4O. The Balaban J connectivity index is 1.70. The minimum absolute atomic E-state index is 0.163. The number of hydrogen-bond acceptors (Lipinski definition) is 3. The van der Waals surface area contributed by atoms with Gasteiger partial charge in [-0.3, -0.25) is 4.99 Å². The topological polar surface area (TPSA) is 48.9 Å². The van der Waals surface area contributed by atoms with Crippen LogP contribution in [0.1, 0.15) is 19.8 Å². The Morgan fingerprint density at radius 1 is 1.33 bits per heavy atom. The minimum Gasteiger partial charge on any atom is -0.486 e. The highest BCUT2D eigenvalue weighted by Crippen LogP contribution is 2.17. The smallest absolute Gasteiger partial charge is 0.191 e. The average molecular weight is 336 g/mol. The van der Waals surface area contributed by atoms with Gasteiger partial charge in [0.2, 0.25) is 0 Å². The Labute approximate surface area is 144 Å². The number of para-hydroxylation sites is 1. The van der Waals surface area contributed by atoms with Crippen molar-refractivity contribution in [3.63, 3.8) is 0 Å². The molecule has 5 nitrogen and oxygen atoms in total. The lowest BCUT2D eigenvalue weighted by atomic mass is 9.97. The van der Waals surface area contributed by atoms with Crippen LogP contribution in [0.3, 0.4) is 0 Å². The molecule has 1 atom stereocenters. The Morgan fingerprint density at radius 2 is 2.04 bits per heavy atom. The molecule has 0 bridgehead atoms. The molecule has 1 unspecified atom stereocenters. The monoisotopic (exact) mass is 336 g/mol. The molecule has 1 fully saturated rings. The van der Waals surface area contributed by atoms with E-state index in [9.17, 15) is 4.39 Å². The van der Waals surface area contributed by atoms with Crippen LogP contribution >= 0.6 is 0 Å². The second-order valence-electron chi connectivity index (χ2n) is 6.44. The first-order valence-electron chi connectivity index (χ1n) is 8.62. The van der Waals surface area contributed by atoms with Gasteiger partial charge in [-0.2, -0.15) is 0 Å². The molecule has 6 heteroatoms. The van der Waals surface area contributed by atoms with Gasteiger partial charge >= 0.3 is 0 Å². The molecule has 1 aromatic rings. The zero-order valence-corrected chi connectivity index (χ0v) is 14.9. The van der Waals surface area contributed by atoms with E-state index in [-0.39, 0.29) is 17.7 Å². The molecule has 1 aliphatic heterocycles. The van der Waals surface area contributed by atoms with Crippen LogP contribution in [0.2, 0.25) is 0 Å². The zero-order valence-electron chi connectivity index (χ0n) is 14.9. The van der Waals surface area contributed by atoms with Crippen molar-refractivity contribution in [2.24, 2.45) is 10.9 Å². The normalized spacial score (nSPS) is 18.2. The van der Waals surface area contributed by atoms with Crippen LogP contribution in [-0.4, -0.2) is 57.2 Å². The molecule has 134 valence electrons. The number of nitrogens with one attached hydrogen (secondary N) is 2. The third-order valence-electron chi connectivity index (χ3n) is 4.34. The summed E-state index contributed by atoms with van der Waals surface area (Å²) in [5, 5.41) is 6.61. The molecule has 1 saturated heterocycles. The maximum atomic E-state index is 13.6. The SMILES string of the molecule is CN=C(NCC1CCN(C)CC1)NCC(C)Oc1ccccc1F. The number of ether oxygens (including phenoxy) is 1. The minimum atomic E-state index is -0.339. The predicted octanol–water partition coefficient (Wildman–Crippen LogP) is 2.10. The summed E-state index contributed by atoms with van der Waals surface area (Å²) in [5.74, 6) is 1.39. The Kier molecular flexibility index (Phi) is 7.31. The molecule has 0 saturated carbocycles. The van der Waals surface area contributed by atoms with Gasteiger partial charge in [0.05, 0.1) is 6.54 Å². The highest BCUT2D eigenvalue weighted by molar-refractivity contribution is 5.79. The number of hydrogen-bond donors (Lipinski definition) is 2. The van der Waals surface area contributed by atoms with Crippen molar-refractivity contribution in [1.82, 2.24) is 15.5 Å². The number of piperidine rings is 1. The molecule has 0 amide bonds. The van der Waals surface area contributed by atoms with Gasteiger partial charge in [-0.05, 0) is 58.0 Å². The predicted molar refractivity (Wildman–Crippen MR) is 96.1 cm³/mol. The molecule has 0 radical (unpaired) electrons. The van der Waals surface area contributed by atoms with E-state index < -0.39 is 0 Å². The van der Waals surface area contributed by atoms with Crippen molar-refractivity contribution in [2.75, 3.05) is 40.3 Å². The van der Waals surface area contributed by atoms with Crippen LogP contribution in [-0.2, 0) is 0 Å². The molecule has 1 aromatic carbocycles. The fourth-order valence-electron chi connectivity index (χ4n) is 2.77. The number of likely N-dealkylation sites (tertiary alicyclic amines) is 1. The van der Waals surface area contributed by atoms with E-state index in [4.69, 9.17) is 4.74 Å². The number of benzene rings is 1. The summed E-state index contributed by atoms with van der Waals surface area (Å²) in [4.78, 5) is 6.60. The molecule has 2 rings (SSSR count). The summed E-state index contributed by atoms with van der Waals surface area (Å²) in [7, 11) is 3.92. The van der Waals surface area contributed by atoms with E-state index in [1.807, 2.05) is 6.92 Å². The Morgan fingerprint density at radius 3 is 2.71 bits per heavy atom. The summed E-state index contributed by atoms with van der Waals surface area (Å²) in [6.45, 7) is 5.71. The first-order chi connectivity index (χ1) is 11.6. The number of guanidine groups is 1. The Hall–Kier alpha value is -1.82. The van der Waals surface area contributed by atoms with Crippen LogP contribution < -0.4 is 15.4 Å². The second-order valence-corrected chi connectivity index (χ2v) is 6.44. The summed E-state index contributed by atoms with van der Waals surface area (Å²) in [6, 6.07) is 6.46. The Bertz CT molecular complexity index is 530. The van der Waals surface area contributed by atoms with Gasteiger partial charge in [0.1, 0.15) is 6.10 Å². The molecule has 1 aliphatic rings. The van der Waals surface area contributed by atoms with Gasteiger partial charge < -0.3 is 20.3 Å². The van der Waals surface area contributed by atoms with Gasteiger partial charge in [-0.15, -0.1) is 0 Å². The van der Waals surface area contributed by atoms with Crippen molar-refractivity contribution < 1.29 is 9.13 Å². The van der Waals surface area contributed by atoms with E-state index in [0.29, 0.717) is 12.5 Å². The van der Waals surface area contributed by atoms with Crippen molar-refractivity contribution in [1.29, 1.82) is 0 Å². The van der Waals surface area contributed by atoms with Gasteiger partial charge in [-0.25, -0.2) is 4.39 Å². The number of halogens is 1. The molecule has 24 heavy (non-hydrogen) atoms. The lowest BCUT2D eigenvalue weighted by Crippen LogP contribution is -2.44. The van der Waals surface area contributed by atoms with E-state index in [2.05, 4.69) is 27.6 Å². The maximum Gasteiger partial charge on any atom is 0.191 e. The van der Waals surface area contributed by atoms with Crippen LogP contribution in [0, 0.1) is 11.7 Å². The second kappa shape index (κ2) is 9.47. The molecule has 0 spiro atoms. The first-order valence-corrected chi connectivity index (χ1v) is 8.62. The first kappa shape index (κ1) is 18.5. The van der Waals surface area contributed by atoms with Crippen molar-refractivity contribution >= 4 is 5.96 Å². The fourth-order valence-corrected chi connectivity index (χ4v) is 2.77. The van der Waals surface area contributed by atoms with Gasteiger partial charge in [0.25, 0.3) is 0 Å². The molecule has 0 aliphatic carbocycles. The van der Waals surface area contributed by atoms with Crippen LogP contribution in [0.25, 0.3) is 0 Å². The van der Waals surface area contributed by atoms with Crippen molar-refractivity contribution in [3.05, 3.63) is 30.1 Å². The van der Waals surface area contributed by atoms with E-state index >= 15 is 0 Å². The summed E-state index contributed by atoms with van der Waals surface area (Å²) in [6.07, 6.45) is 2.27. The fraction of sp³-hybridized carbons (Fsp3) is 0.611. The van der Waals surface area contributed by atoms with E-state index in [0.717, 1.165) is 25.6 Å². The molecular weight excluding hydrogens is 307 g/mol. The van der Waals surface area contributed by atoms with Crippen LogP contribution in [0.15, 0.2) is 29.3 Å².